The molecule has 4 heteroatoms. The van der Waals surface area contributed by atoms with Gasteiger partial charge in [0.2, 0.25) is 0 Å². The van der Waals surface area contributed by atoms with Gasteiger partial charge in [-0.3, -0.25) is 0 Å². The van der Waals surface area contributed by atoms with Crippen LogP contribution in [0.25, 0.3) is 11.3 Å². The number of rotatable bonds is 6. The van der Waals surface area contributed by atoms with E-state index in [2.05, 4.69) is 59.9 Å². The molecule has 0 atom stereocenters. The summed E-state index contributed by atoms with van der Waals surface area (Å²) in [6.07, 6.45) is 1.07. The molecule has 2 aromatic rings. The Morgan fingerprint density at radius 3 is 2.58 bits per heavy atom. The second kappa shape index (κ2) is 6.78. The van der Waals surface area contributed by atoms with Crippen molar-refractivity contribution in [3.05, 3.63) is 34.7 Å². The average molecular weight is 275 g/mol. The van der Waals surface area contributed by atoms with Gasteiger partial charge < -0.3 is 5.32 Å². The van der Waals surface area contributed by atoms with Crippen molar-refractivity contribution < 1.29 is 0 Å². The highest BCUT2D eigenvalue weighted by atomic mass is 32.1. The fourth-order valence-corrected chi connectivity index (χ4v) is 2.55. The summed E-state index contributed by atoms with van der Waals surface area (Å²) in [4.78, 5) is 1.21. The van der Waals surface area contributed by atoms with Crippen LogP contribution in [-0.4, -0.2) is 16.1 Å². The normalized spacial score (nSPS) is 11.2. The van der Waals surface area contributed by atoms with E-state index in [1.165, 1.54) is 22.0 Å². The Morgan fingerprint density at radius 1 is 1.21 bits per heavy atom. The van der Waals surface area contributed by atoms with Gasteiger partial charge in [0, 0.05) is 12.1 Å². The van der Waals surface area contributed by atoms with E-state index in [1.54, 1.807) is 0 Å². The Labute approximate surface area is 119 Å². The quantitative estimate of drug-likeness (QED) is 0.876. The predicted molar refractivity (Wildman–Crippen MR) is 81.3 cm³/mol. The molecule has 2 rings (SSSR count). The molecular formula is C15H21N3S. The Morgan fingerprint density at radius 2 is 1.95 bits per heavy atom. The molecule has 3 nitrogen and oxygen atoms in total. The minimum atomic E-state index is 0.660. The first-order chi connectivity index (χ1) is 9.20. The monoisotopic (exact) mass is 275 g/mol. The van der Waals surface area contributed by atoms with Crippen molar-refractivity contribution in [3.63, 3.8) is 0 Å². The van der Waals surface area contributed by atoms with Gasteiger partial charge in [-0.1, -0.05) is 49.5 Å². The molecule has 0 saturated heterocycles. The maximum atomic E-state index is 4.27. The lowest BCUT2D eigenvalue weighted by atomic mass is 10.1. The minimum absolute atomic E-state index is 0.660. The van der Waals surface area contributed by atoms with Crippen LogP contribution in [0.4, 0.5) is 0 Å². The summed E-state index contributed by atoms with van der Waals surface area (Å²) >= 11 is 1.48. The number of nitrogens with one attached hydrogen (secondary N) is 1. The second-order valence-corrected chi connectivity index (χ2v) is 5.96. The van der Waals surface area contributed by atoms with Crippen molar-refractivity contribution in [3.8, 4) is 11.3 Å². The van der Waals surface area contributed by atoms with Crippen molar-refractivity contribution in [1.29, 1.82) is 0 Å². The molecule has 0 spiro atoms. The average Bonchev–Trinajstić information content (AvgIpc) is 2.87. The molecule has 1 heterocycles. The van der Waals surface area contributed by atoms with Crippen LogP contribution in [0.2, 0.25) is 0 Å². The van der Waals surface area contributed by atoms with E-state index in [-0.39, 0.29) is 0 Å². The zero-order valence-corrected chi connectivity index (χ0v) is 12.6. The zero-order valence-electron chi connectivity index (χ0n) is 11.8. The second-order valence-electron chi connectivity index (χ2n) is 5.12. The number of hydrogen-bond acceptors (Lipinski definition) is 4. The molecule has 0 fully saturated rings. The Hall–Kier alpha value is -1.26. The van der Waals surface area contributed by atoms with Crippen LogP contribution in [0.1, 0.15) is 31.2 Å². The van der Waals surface area contributed by atoms with Crippen LogP contribution in [0, 0.1) is 5.92 Å². The molecule has 0 bridgehead atoms. The minimum Gasteiger partial charge on any atom is -0.311 e. The fraction of sp³-hybridized carbons (Fsp3) is 0.467. The summed E-state index contributed by atoms with van der Waals surface area (Å²) in [5.41, 5.74) is 3.53. The molecule has 0 amide bonds. The first kappa shape index (κ1) is 14.2. The van der Waals surface area contributed by atoms with Gasteiger partial charge in [0.05, 0.1) is 4.88 Å². The molecule has 19 heavy (non-hydrogen) atoms. The van der Waals surface area contributed by atoms with Crippen LogP contribution in [0.5, 0.6) is 0 Å². The lowest BCUT2D eigenvalue weighted by Crippen LogP contribution is -2.18. The molecule has 102 valence electrons. The fourth-order valence-electron chi connectivity index (χ4n) is 1.92. The van der Waals surface area contributed by atoms with E-state index < -0.39 is 0 Å². The summed E-state index contributed by atoms with van der Waals surface area (Å²) in [6, 6.07) is 8.61. The van der Waals surface area contributed by atoms with Crippen LogP contribution in [0.3, 0.4) is 0 Å². The predicted octanol–water partition coefficient (Wildman–Crippen LogP) is 3.51. The summed E-state index contributed by atoms with van der Waals surface area (Å²) in [5, 5.41) is 7.72. The third-order valence-electron chi connectivity index (χ3n) is 3.03. The first-order valence-corrected chi connectivity index (χ1v) is 7.59. The van der Waals surface area contributed by atoms with E-state index in [1.807, 2.05) is 0 Å². The number of benzene rings is 1. The topological polar surface area (TPSA) is 37.8 Å². The summed E-state index contributed by atoms with van der Waals surface area (Å²) in [7, 11) is 0. The molecule has 0 aliphatic heterocycles. The molecule has 0 saturated carbocycles. The third-order valence-corrected chi connectivity index (χ3v) is 3.75. The van der Waals surface area contributed by atoms with E-state index in [0.29, 0.717) is 5.92 Å². The summed E-state index contributed by atoms with van der Waals surface area (Å²) in [5.74, 6) is 0.660. The van der Waals surface area contributed by atoms with Crippen molar-refractivity contribution in [2.45, 2.75) is 33.7 Å². The van der Waals surface area contributed by atoms with E-state index >= 15 is 0 Å². The highest BCUT2D eigenvalue weighted by Crippen LogP contribution is 2.24. The van der Waals surface area contributed by atoms with Gasteiger partial charge in [-0.05, 0) is 36.0 Å². The first-order valence-electron chi connectivity index (χ1n) is 6.82. The molecule has 0 aliphatic carbocycles. The molecule has 1 aromatic carbocycles. The van der Waals surface area contributed by atoms with Gasteiger partial charge in [0.15, 0.2) is 0 Å². The van der Waals surface area contributed by atoms with Gasteiger partial charge in [0.1, 0.15) is 5.69 Å². The van der Waals surface area contributed by atoms with Crippen molar-refractivity contribution in [2.75, 3.05) is 6.54 Å². The molecule has 1 aromatic heterocycles. The third kappa shape index (κ3) is 3.85. The highest BCUT2D eigenvalue weighted by molar-refractivity contribution is 7.05. The Bertz CT molecular complexity index is 502. The lowest BCUT2D eigenvalue weighted by molar-refractivity contribution is 0.555. The maximum Gasteiger partial charge on any atom is 0.110 e. The van der Waals surface area contributed by atoms with Crippen LogP contribution < -0.4 is 5.32 Å². The molecule has 0 unspecified atom stereocenters. The van der Waals surface area contributed by atoms with Gasteiger partial charge in [0.25, 0.3) is 0 Å². The van der Waals surface area contributed by atoms with Crippen LogP contribution >= 0.6 is 11.5 Å². The molecule has 0 radical (unpaired) electrons. The number of hydrogen-bond donors (Lipinski definition) is 1. The van der Waals surface area contributed by atoms with Gasteiger partial charge in [-0.25, -0.2) is 0 Å². The van der Waals surface area contributed by atoms with E-state index in [9.17, 15) is 0 Å². The van der Waals surface area contributed by atoms with Crippen molar-refractivity contribution in [1.82, 2.24) is 14.9 Å². The Kier molecular flexibility index (Phi) is 5.05. The lowest BCUT2D eigenvalue weighted by Gasteiger charge is -2.07. The summed E-state index contributed by atoms with van der Waals surface area (Å²) in [6.45, 7) is 8.46. The van der Waals surface area contributed by atoms with Crippen LogP contribution in [0.15, 0.2) is 24.3 Å². The standard InChI is InChI=1S/C15H21N3S/c1-4-12-5-7-13(8-6-12)15-14(19-18-17-15)10-16-9-11(2)3/h5-8,11,16H,4,9-10H2,1-3H3. The van der Waals surface area contributed by atoms with Crippen molar-refractivity contribution >= 4 is 11.5 Å². The maximum absolute atomic E-state index is 4.27. The smallest absolute Gasteiger partial charge is 0.110 e. The van der Waals surface area contributed by atoms with Crippen LogP contribution in [-0.2, 0) is 13.0 Å². The largest absolute Gasteiger partial charge is 0.311 e. The number of aromatic nitrogens is 2. The highest BCUT2D eigenvalue weighted by Gasteiger charge is 2.10. The number of nitrogens with zero attached hydrogens (tertiary/aromatic N) is 2. The number of aryl methyl sites for hydroxylation is 1. The van der Waals surface area contributed by atoms with Gasteiger partial charge >= 0.3 is 0 Å². The Balaban J connectivity index is 2.09. The molecule has 0 aliphatic rings. The van der Waals surface area contributed by atoms with Gasteiger partial charge in [-0.2, -0.15) is 0 Å². The SMILES string of the molecule is CCc1ccc(-c2nnsc2CNCC(C)C)cc1. The van der Waals surface area contributed by atoms with E-state index in [0.717, 1.165) is 30.8 Å². The van der Waals surface area contributed by atoms with Gasteiger partial charge in [-0.15, -0.1) is 5.10 Å². The molecular weight excluding hydrogens is 254 g/mol. The van der Waals surface area contributed by atoms with Crippen molar-refractivity contribution in [2.24, 2.45) is 5.92 Å². The van der Waals surface area contributed by atoms with E-state index in [4.69, 9.17) is 0 Å². The summed E-state index contributed by atoms with van der Waals surface area (Å²) < 4.78 is 4.09. The zero-order chi connectivity index (χ0) is 13.7. The molecule has 1 N–H and O–H groups in total.